The minimum Gasteiger partial charge on any atom is -0.466 e. The van der Waals surface area contributed by atoms with Gasteiger partial charge in [-0.2, -0.15) is 0 Å². The van der Waals surface area contributed by atoms with Crippen LogP contribution in [0.25, 0.3) is 0 Å². The smallest absolute Gasteiger partial charge is 0.308 e. The molecule has 0 aromatic heterocycles. The summed E-state index contributed by atoms with van der Waals surface area (Å²) in [4.78, 5) is 10.8. The van der Waals surface area contributed by atoms with E-state index in [0.717, 1.165) is 0 Å². The van der Waals surface area contributed by atoms with Crippen molar-refractivity contribution in [1.82, 2.24) is 0 Å². The molecule has 0 aliphatic heterocycles. The largest absolute Gasteiger partial charge is 0.466 e. The van der Waals surface area contributed by atoms with Gasteiger partial charge in [-0.15, -0.1) is 6.58 Å². The lowest BCUT2D eigenvalue weighted by Crippen LogP contribution is -2.20. The summed E-state index contributed by atoms with van der Waals surface area (Å²) >= 11 is 0. The zero-order chi connectivity index (χ0) is 10.3. The highest BCUT2D eigenvalue weighted by atomic mass is 16.5. The highest BCUT2D eigenvalue weighted by molar-refractivity contribution is 5.69. The average molecular weight is 188 g/mol. The average Bonchev–Trinajstić information content (AvgIpc) is 2.04. The Hall–Kier alpha value is -0.870. The van der Waals surface area contributed by atoms with Crippen molar-refractivity contribution >= 4 is 5.97 Å². The van der Waals surface area contributed by atoms with Crippen molar-refractivity contribution < 1.29 is 19.7 Å². The van der Waals surface area contributed by atoms with Crippen molar-refractivity contribution in [3.05, 3.63) is 12.7 Å². The van der Waals surface area contributed by atoms with Crippen molar-refractivity contribution in [2.75, 3.05) is 6.61 Å². The van der Waals surface area contributed by atoms with E-state index in [1.165, 1.54) is 6.08 Å². The van der Waals surface area contributed by atoms with Crippen molar-refractivity contribution in [1.29, 1.82) is 0 Å². The van der Waals surface area contributed by atoms with Crippen LogP contribution in [0.2, 0.25) is 0 Å². The molecule has 13 heavy (non-hydrogen) atoms. The molecule has 4 nitrogen and oxygen atoms in total. The Morgan fingerprint density at radius 3 is 2.69 bits per heavy atom. The maximum absolute atomic E-state index is 10.8. The number of hydrogen-bond acceptors (Lipinski definition) is 4. The van der Waals surface area contributed by atoms with E-state index in [-0.39, 0.29) is 12.8 Å². The number of esters is 1. The summed E-state index contributed by atoms with van der Waals surface area (Å²) in [5.74, 6) is -0.453. The lowest BCUT2D eigenvalue weighted by Gasteiger charge is -2.11. The molecule has 0 amide bonds. The van der Waals surface area contributed by atoms with E-state index in [1.54, 1.807) is 6.92 Å². The van der Waals surface area contributed by atoms with Crippen molar-refractivity contribution in [3.63, 3.8) is 0 Å². The maximum Gasteiger partial charge on any atom is 0.308 e. The van der Waals surface area contributed by atoms with Gasteiger partial charge in [-0.1, -0.05) is 6.08 Å². The van der Waals surface area contributed by atoms with E-state index < -0.39 is 18.2 Å². The van der Waals surface area contributed by atoms with Crippen LogP contribution in [0.3, 0.4) is 0 Å². The summed E-state index contributed by atoms with van der Waals surface area (Å²) in [7, 11) is 0. The molecule has 0 spiro atoms. The number of aliphatic hydroxyl groups excluding tert-OH is 2. The highest BCUT2D eigenvalue weighted by Gasteiger charge is 2.14. The molecular weight excluding hydrogens is 172 g/mol. The van der Waals surface area contributed by atoms with Gasteiger partial charge in [-0.25, -0.2) is 0 Å². The minimum atomic E-state index is -0.868. The first-order chi connectivity index (χ1) is 6.10. The fraction of sp³-hybridized carbons (Fsp3) is 0.667. The van der Waals surface area contributed by atoms with Gasteiger partial charge in [0.25, 0.3) is 0 Å². The van der Waals surface area contributed by atoms with E-state index in [2.05, 4.69) is 11.3 Å². The molecular formula is C9H16O4. The van der Waals surface area contributed by atoms with Crippen LogP contribution in [0.15, 0.2) is 12.7 Å². The van der Waals surface area contributed by atoms with Gasteiger partial charge in [-0.3, -0.25) is 4.79 Å². The Bertz CT molecular complexity index is 167. The first-order valence-corrected chi connectivity index (χ1v) is 4.24. The monoisotopic (exact) mass is 188 g/mol. The van der Waals surface area contributed by atoms with Crippen LogP contribution in [-0.2, 0) is 9.53 Å². The third kappa shape index (κ3) is 6.31. The number of ether oxygens (including phenoxy) is 1. The summed E-state index contributed by atoms with van der Waals surface area (Å²) in [5, 5.41) is 18.3. The van der Waals surface area contributed by atoms with Crippen LogP contribution < -0.4 is 0 Å². The molecule has 0 aliphatic carbocycles. The minimum absolute atomic E-state index is 0.0846. The van der Waals surface area contributed by atoms with Crippen LogP contribution in [0.4, 0.5) is 0 Å². The summed E-state index contributed by atoms with van der Waals surface area (Å²) < 4.78 is 4.62. The van der Waals surface area contributed by atoms with Crippen LogP contribution >= 0.6 is 0 Å². The number of carbonyl (C=O) groups is 1. The second kappa shape index (κ2) is 6.62. The van der Waals surface area contributed by atoms with Gasteiger partial charge in [0, 0.05) is 6.42 Å². The van der Waals surface area contributed by atoms with E-state index in [9.17, 15) is 9.90 Å². The SMILES string of the molecule is C=CC(O)CC(O)CC(=O)OCC. The predicted molar refractivity (Wildman–Crippen MR) is 48.1 cm³/mol. The molecule has 0 radical (unpaired) electrons. The Morgan fingerprint density at radius 1 is 1.62 bits per heavy atom. The first kappa shape index (κ1) is 12.1. The molecule has 0 fully saturated rings. The second-order valence-corrected chi connectivity index (χ2v) is 2.70. The Balaban J connectivity index is 3.66. The third-order valence-corrected chi connectivity index (χ3v) is 1.49. The van der Waals surface area contributed by atoms with Crippen LogP contribution in [0.5, 0.6) is 0 Å². The van der Waals surface area contributed by atoms with Crippen LogP contribution in [0.1, 0.15) is 19.8 Å². The van der Waals surface area contributed by atoms with E-state index >= 15 is 0 Å². The normalized spacial score (nSPS) is 14.7. The predicted octanol–water partition coefficient (Wildman–Crippen LogP) is 0.238. The van der Waals surface area contributed by atoms with Crippen LogP contribution in [0, 0.1) is 0 Å². The topological polar surface area (TPSA) is 66.8 Å². The number of carbonyl (C=O) groups excluding carboxylic acids is 1. The summed E-state index contributed by atoms with van der Waals surface area (Å²) in [6, 6.07) is 0. The first-order valence-electron chi connectivity index (χ1n) is 4.24. The molecule has 0 rings (SSSR count). The van der Waals surface area contributed by atoms with Crippen molar-refractivity contribution in [3.8, 4) is 0 Å². The number of rotatable bonds is 6. The van der Waals surface area contributed by atoms with E-state index in [4.69, 9.17) is 5.11 Å². The molecule has 0 bridgehead atoms. The van der Waals surface area contributed by atoms with Gasteiger partial charge in [0.15, 0.2) is 0 Å². The summed E-state index contributed by atoms with van der Waals surface area (Å²) in [5.41, 5.74) is 0. The maximum atomic E-state index is 10.8. The Labute approximate surface area is 77.8 Å². The van der Waals surface area contributed by atoms with E-state index in [0.29, 0.717) is 6.61 Å². The molecule has 0 saturated carbocycles. The van der Waals surface area contributed by atoms with Crippen molar-refractivity contribution in [2.45, 2.75) is 32.0 Å². The Kier molecular flexibility index (Phi) is 6.18. The molecule has 0 aromatic carbocycles. The molecule has 0 saturated heterocycles. The molecule has 0 aromatic rings. The molecule has 2 unspecified atom stereocenters. The Morgan fingerprint density at radius 2 is 2.23 bits per heavy atom. The molecule has 0 heterocycles. The zero-order valence-corrected chi connectivity index (χ0v) is 7.77. The number of aliphatic hydroxyl groups is 2. The summed E-state index contributed by atoms with van der Waals surface area (Å²) in [6.45, 7) is 5.35. The molecule has 4 heteroatoms. The summed E-state index contributed by atoms with van der Waals surface area (Å²) in [6.07, 6.45) is -0.299. The van der Waals surface area contributed by atoms with Gasteiger partial charge in [-0.05, 0) is 6.92 Å². The quantitative estimate of drug-likeness (QED) is 0.463. The molecule has 2 atom stereocenters. The van der Waals surface area contributed by atoms with Gasteiger partial charge >= 0.3 is 5.97 Å². The van der Waals surface area contributed by atoms with Gasteiger partial charge in [0.05, 0.1) is 25.2 Å². The molecule has 2 N–H and O–H groups in total. The van der Waals surface area contributed by atoms with E-state index in [1.807, 2.05) is 0 Å². The highest BCUT2D eigenvalue weighted by Crippen LogP contribution is 2.04. The van der Waals surface area contributed by atoms with Gasteiger partial charge < -0.3 is 14.9 Å². The fourth-order valence-electron chi connectivity index (χ4n) is 0.871. The van der Waals surface area contributed by atoms with Crippen LogP contribution in [-0.4, -0.2) is 35.0 Å². The second-order valence-electron chi connectivity index (χ2n) is 2.70. The molecule has 0 aliphatic rings. The lowest BCUT2D eigenvalue weighted by molar-refractivity contribution is -0.145. The standard InChI is InChI=1S/C9H16O4/c1-3-7(10)5-8(11)6-9(12)13-4-2/h3,7-8,10-11H,1,4-6H2,2H3. The van der Waals surface area contributed by atoms with Crippen molar-refractivity contribution in [2.24, 2.45) is 0 Å². The number of hydrogen-bond donors (Lipinski definition) is 2. The lowest BCUT2D eigenvalue weighted by atomic mass is 10.1. The van der Waals surface area contributed by atoms with Gasteiger partial charge in [0.2, 0.25) is 0 Å². The van der Waals surface area contributed by atoms with Gasteiger partial charge in [0.1, 0.15) is 0 Å². The fourth-order valence-corrected chi connectivity index (χ4v) is 0.871. The zero-order valence-electron chi connectivity index (χ0n) is 7.77. The molecule has 76 valence electrons. The third-order valence-electron chi connectivity index (χ3n) is 1.49.